The number of rotatable bonds is 5. The van der Waals surface area contributed by atoms with Crippen LogP contribution in [0.5, 0.6) is 0 Å². The third-order valence-corrected chi connectivity index (χ3v) is 4.09. The van der Waals surface area contributed by atoms with Crippen molar-refractivity contribution in [3.8, 4) is 6.07 Å². The number of benzene rings is 1. The van der Waals surface area contributed by atoms with E-state index in [1.165, 1.54) is 13.0 Å². The van der Waals surface area contributed by atoms with E-state index in [1.54, 1.807) is 11.6 Å². The van der Waals surface area contributed by atoms with E-state index < -0.39 is 44.2 Å². The van der Waals surface area contributed by atoms with E-state index in [2.05, 4.69) is 0 Å². The number of nitrogens with zero attached hydrogens (tertiary/aromatic N) is 1. The van der Waals surface area contributed by atoms with Crippen LogP contribution in [0, 0.1) is 11.3 Å². The summed E-state index contributed by atoms with van der Waals surface area (Å²) < 4.78 is 69.0. The Morgan fingerprint density at radius 2 is 2.04 bits per heavy atom. The molecule has 0 aliphatic carbocycles. The lowest BCUT2D eigenvalue weighted by atomic mass is 10.1. The first kappa shape index (κ1) is 18.9. The van der Waals surface area contributed by atoms with Crippen molar-refractivity contribution in [3.63, 3.8) is 0 Å². The van der Waals surface area contributed by atoms with Gasteiger partial charge in [0, 0.05) is 6.61 Å². The van der Waals surface area contributed by atoms with Gasteiger partial charge in [0.1, 0.15) is 6.10 Å². The second kappa shape index (κ2) is 6.97. The van der Waals surface area contributed by atoms with Gasteiger partial charge in [0.05, 0.1) is 22.1 Å². The zero-order valence-electron chi connectivity index (χ0n) is 12.1. The summed E-state index contributed by atoms with van der Waals surface area (Å²) in [5, 5.41) is 8.67. The summed E-state index contributed by atoms with van der Waals surface area (Å²) in [4.78, 5) is 10.9. The van der Waals surface area contributed by atoms with Gasteiger partial charge in [-0.15, -0.1) is 0 Å². The van der Waals surface area contributed by atoms with Crippen LogP contribution in [0.3, 0.4) is 0 Å². The van der Waals surface area contributed by atoms with Crippen LogP contribution in [0.15, 0.2) is 23.1 Å². The molecule has 0 bridgehead atoms. The second-order valence-electron chi connectivity index (χ2n) is 4.38. The van der Waals surface area contributed by atoms with Crippen LogP contribution in [-0.2, 0) is 25.7 Å². The van der Waals surface area contributed by atoms with Crippen molar-refractivity contribution in [2.45, 2.75) is 31.0 Å². The van der Waals surface area contributed by atoms with Crippen molar-refractivity contribution in [1.29, 1.82) is 5.26 Å². The number of carbonyl (C=O) groups excluding carboxylic acids is 1. The van der Waals surface area contributed by atoms with E-state index in [1.807, 2.05) is 0 Å². The Bertz CT molecular complexity index is 739. The molecule has 0 aliphatic heterocycles. The Morgan fingerprint density at radius 1 is 1.43 bits per heavy atom. The van der Waals surface area contributed by atoms with Gasteiger partial charge in [0.2, 0.25) is 0 Å². The van der Waals surface area contributed by atoms with Crippen LogP contribution >= 0.6 is 0 Å². The number of carbonyl (C=O) groups is 1. The van der Waals surface area contributed by atoms with Gasteiger partial charge in [-0.1, -0.05) is 0 Å². The molecular formula is C13H13F3N2O4S. The third-order valence-electron chi connectivity index (χ3n) is 2.75. The second-order valence-corrected chi connectivity index (χ2v) is 6.07. The summed E-state index contributed by atoms with van der Waals surface area (Å²) in [6.07, 6.45) is -5.99. The molecule has 0 saturated carbocycles. The molecule has 0 heterocycles. The number of hydrogen-bond acceptors (Lipinski definition) is 5. The number of ether oxygens (including phenoxy) is 1. The van der Waals surface area contributed by atoms with Gasteiger partial charge in [-0.2, -0.15) is 18.4 Å². The molecule has 0 fully saturated rings. The molecule has 1 atom stereocenters. The molecule has 1 N–H and O–H groups in total. The highest BCUT2D eigenvalue weighted by Gasteiger charge is 2.35. The lowest BCUT2D eigenvalue weighted by molar-refractivity contribution is -0.138. The highest BCUT2D eigenvalue weighted by atomic mass is 32.2. The molecule has 1 aromatic carbocycles. The average molecular weight is 350 g/mol. The summed E-state index contributed by atoms with van der Waals surface area (Å²) in [6.45, 7) is 3.05. The van der Waals surface area contributed by atoms with Crippen LogP contribution in [-0.4, -0.2) is 27.0 Å². The molecule has 0 spiro atoms. The van der Waals surface area contributed by atoms with Crippen molar-refractivity contribution < 1.29 is 31.1 Å². The topological polar surface area (TPSA) is 96.3 Å². The molecule has 0 saturated heterocycles. The Kier molecular flexibility index (Phi) is 5.74. The van der Waals surface area contributed by atoms with Crippen molar-refractivity contribution in [2.24, 2.45) is 0 Å². The van der Waals surface area contributed by atoms with Crippen LogP contribution in [0.4, 0.5) is 13.2 Å². The number of nitrogens with one attached hydrogen (secondary N) is 1. The van der Waals surface area contributed by atoms with E-state index in [0.29, 0.717) is 6.07 Å². The number of amides is 1. The predicted octanol–water partition coefficient (Wildman–Crippen LogP) is 1.81. The van der Waals surface area contributed by atoms with Crippen LogP contribution in [0.2, 0.25) is 0 Å². The first-order valence-corrected chi connectivity index (χ1v) is 7.80. The monoisotopic (exact) mass is 350 g/mol. The molecule has 10 heteroatoms. The largest absolute Gasteiger partial charge is 0.417 e. The summed E-state index contributed by atoms with van der Waals surface area (Å²) in [5.74, 6) is -1.01. The Labute approximate surface area is 130 Å². The Hall–Kier alpha value is -2.12. The van der Waals surface area contributed by atoms with Gasteiger partial charge < -0.3 is 4.74 Å². The summed E-state index contributed by atoms with van der Waals surface area (Å²) >= 11 is 0. The minimum atomic E-state index is -4.90. The highest BCUT2D eigenvalue weighted by molar-refractivity contribution is 7.90. The Balaban J connectivity index is 3.20. The Morgan fingerprint density at radius 3 is 2.52 bits per heavy atom. The number of sulfonamides is 1. The fraction of sp³-hybridized carbons (Fsp3) is 0.385. The molecule has 0 aromatic heterocycles. The molecule has 0 aliphatic rings. The number of halogens is 3. The van der Waals surface area contributed by atoms with E-state index in [9.17, 15) is 26.4 Å². The number of hydrogen-bond donors (Lipinski definition) is 1. The summed E-state index contributed by atoms with van der Waals surface area (Å²) in [5.41, 5.74) is -2.11. The fourth-order valence-electron chi connectivity index (χ4n) is 1.62. The molecule has 6 nitrogen and oxygen atoms in total. The zero-order chi connectivity index (χ0) is 17.8. The van der Waals surface area contributed by atoms with Crippen LogP contribution in [0.1, 0.15) is 25.0 Å². The first-order valence-electron chi connectivity index (χ1n) is 6.32. The highest BCUT2D eigenvalue weighted by Crippen LogP contribution is 2.33. The summed E-state index contributed by atoms with van der Waals surface area (Å²) in [6, 6.07) is 3.18. The molecule has 1 unspecified atom stereocenters. The van der Waals surface area contributed by atoms with Crippen LogP contribution < -0.4 is 4.72 Å². The van der Waals surface area contributed by atoms with Gasteiger partial charge in [-0.05, 0) is 32.0 Å². The molecule has 1 aromatic rings. The molecule has 0 radical (unpaired) electrons. The van der Waals surface area contributed by atoms with Crippen molar-refractivity contribution in [1.82, 2.24) is 4.72 Å². The van der Waals surface area contributed by atoms with Gasteiger partial charge in [0.15, 0.2) is 0 Å². The number of alkyl halides is 3. The SMILES string of the molecule is CCOC(C)C(=O)NS(=O)(=O)c1ccc(C#N)c(C(F)(F)F)c1. The maximum absolute atomic E-state index is 12.8. The normalized spacial score (nSPS) is 13.2. The van der Waals surface area contributed by atoms with E-state index >= 15 is 0 Å². The minimum absolute atomic E-state index is 0.156. The minimum Gasteiger partial charge on any atom is -0.369 e. The third kappa shape index (κ3) is 4.67. The van der Waals surface area contributed by atoms with E-state index in [0.717, 1.165) is 12.1 Å². The first-order chi connectivity index (χ1) is 10.5. The average Bonchev–Trinajstić information content (AvgIpc) is 2.45. The van der Waals surface area contributed by atoms with Crippen molar-refractivity contribution in [3.05, 3.63) is 29.3 Å². The molecule has 1 amide bonds. The van der Waals surface area contributed by atoms with Crippen molar-refractivity contribution in [2.75, 3.05) is 6.61 Å². The lowest BCUT2D eigenvalue weighted by Crippen LogP contribution is -2.38. The maximum Gasteiger partial charge on any atom is 0.417 e. The molecule has 1 rings (SSSR count). The fourth-order valence-corrected chi connectivity index (χ4v) is 2.69. The van der Waals surface area contributed by atoms with E-state index in [-0.39, 0.29) is 6.61 Å². The standard InChI is InChI=1S/C13H13F3N2O4S/c1-3-22-8(2)12(19)18-23(20,21)10-5-4-9(7-17)11(6-10)13(14,15)16/h4-6,8H,3H2,1-2H3,(H,18,19). The molecule has 126 valence electrons. The van der Waals surface area contributed by atoms with Gasteiger partial charge in [-0.25, -0.2) is 13.1 Å². The predicted molar refractivity (Wildman–Crippen MR) is 72.6 cm³/mol. The van der Waals surface area contributed by atoms with Crippen LogP contribution in [0.25, 0.3) is 0 Å². The zero-order valence-corrected chi connectivity index (χ0v) is 13.0. The van der Waals surface area contributed by atoms with Gasteiger partial charge in [-0.3, -0.25) is 4.79 Å². The van der Waals surface area contributed by atoms with Gasteiger partial charge in [0.25, 0.3) is 15.9 Å². The van der Waals surface area contributed by atoms with Gasteiger partial charge >= 0.3 is 6.18 Å². The number of nitriles is 1. The molecule has 23 heavy (non-hydrogen) atoms. The molecular weight excluding hydrogens is 337 g/mol. The summed E-state index contributed by atoms with van der Waals surface area (Å²) in [7, 11) is -4.52. The quantitative estimate of drug-likeness (QED) is 0.874. The van der Waals surface area contributed by atoms with E-state index in [4.69, 9.17) is 10.00 Å². The smallest absolute Gasteiger partial charge is 0.369 e. The lowest BCUT2D eigenvalue weighted by Gasteiger charge is -2.14. The van der Waals surface area contributed by atoms with Crippen molar-refractivity contribution >= 4 is 15.9 Å². The maximum atomic E-state index is 12.8.